The number of carbonyl (C=O) groups is 1. The summed E-state index contributed by atoms with van der Waals surface area (Å²) in [6.45, 7) is 7.01. The summed E-state index contributed by atoms with van der Waals surface area (Å²) in [7, 11) is -3.34. The van der Waals surface area contributed by atoms with Crippen molar-refractivity contribution in [2.75, 3.05) is 19.3 Å². The minimum atomic E-state index is -3.34. The largest absolute Gasteiger partial charge is 0.338 e. The Morgan fingerprint density at radius 1 is 1.36 bits per heavy atom. The molecule has 0 radical (unpaired) electrons. The lowest BCUT2D eigenvalue weighted by atomic mass is 9.79. The van der Waals surface area contributed by atoms with Gasteiger partial charge in [-0.1, -0.05) is 19.9 Å². The van der Waals surface area contributed by atoms with E-state index in [-0.39, 0.29) is 22.3 Å². The molecule has 1 aliphatic heterocycles. The predicted molar refractivity (Wildman–Crippen MR) is 86.6 cm³/mol. The number of piperidine rings is 1. The molecule has 1 atom stereocenters. The Morgan fingerprint density at radius 3 is 2.55 bits per heavy atom. The van der Waals surface area contributed by atoms with E-state index in [2.05, 4.69) is 0 Å². The molecule has 0 spiro atoms. The Balaban J connectivity index is 2.31. The molecule has 1 heterocycles. The summed E-state index contributed by atoms with van der Waals surface area (Å²) in [5.41, 5.74) is 7.02. The fraction of sp³-hybridized carbons (Fsp3) is 0.562. The molecule has 122 valence electrons. The highest BCUT2D eigenvalue weighted by Gasteiger charge is 2.35. The molecule has 1 aliphatic rings. The van der Waals surface area contributed by atoms with E-state index in [1.165, 1.54) is 6.07 Å². The maximum Gasteiger partial charge on any atom is 0.253 e. The number of nitrogens with zero attached hydrogens (tertiary/aromatic N) is 1. The summed E-state index contributed by atoms with van der Waals surface area (Å²) in [6.07, 6.45) is 1.91. The molecule has 1 aromatic rings. The van der Waals surface area contributed by atoms with Gasteiger partial charge >= 0.3 is 0 Å². The van der Waals surface area contributed by atoms with Gasteiger partial charge in [0.15, 0.2) is 9.84 Å². The van der Waals surface area contributed by atoms with Crippen LogP contribution >= 0.6 is 0 Å². The molecule has 5 nitrogen and oxygen atoms in total. The first kappa shape index (κ1) is 17.0. The smallest absolute Gasteiger partial charge is 0.253 e. The Kier molecular flexibility index (Phi) is 4.37. The normalized spacial score (nSPS) is 21.7. The quantitative estimate of drug-likeness (QED) is 0.896. The first-order valence-corrected chi connectivity index (χ1v) is 9.27. The van der Waals surface area contributed by atoms with Crippen molar-refractivity contribution < 1.29 is 13.2 Å². The van der Waals surface area contributed by atoms with Crippen LogP contribution < -0.4 is 5.73 Å². The first-order valence-electron chi connectivity index (χ1n) is 7.38. The number of amides is 1. The van der Waals surface area contributed by atoms with Gasteiger partial charge in [0.2, 0.25) is 0 Å². The van der Waals surface area contributed by atoms with Gasteiger partial charge in [-0.15, -0.1) is 0 Å². The zero-order valence-electron chi connectivity index (χ0n) is 13.6. The van der Waals surface area contributed by atoms with Crippen molar-refractivity contribution in [3.63, 3.8) is 0 Å². The molecule has 1 fully saturated rings. The second kappa shape index (κ2) is 5.66. The van der Waals surface area contributed by atoms with E-state index in [9.17, 15) is 13.2 Å². The summed E-state index contributed by atoms with van der Waals surface area (Å²) in [6, 6.07) is 4.92. The number of likely N-dealkylation sites (tertiary alicyclic amines) is 1. The van der Waals surface area contributed by atoms with Crippen molar-refractivity contribution in [1.82, 2.24) is 4.90 Å². The van der Waals surface area contributed by atoms with Crippen LogP contribution in [0.15, 0.2) is 23.1 Å². The summed E-state index contributed by atoms with van der Waals surface area (Å²) in [4.78, 5) is 14.7. The minimum absolute atomic E-state index is 0.0705. The lowest BCUT2D eigenvalue weighted by Gasteiger charge is -2.42. The Labute approximate surface area is 132 Å². The maximum absolute atomic E-state index is 12.7. The standard InChI is InChI=1S/C16H24N2O3S/c1-11-5-6-12(9-13(11)22(4,20)21)15(19)18-8-7-14(17)16(2,3)10-18/h5-6,9,14H,7-8,10,17H2,1-4H3. The second-order valence-corrected chi connectivity index (χ2v) is 8.85. The SMILES string of the molecule is Cc1ccc(C(=O)N2CCC(N)C(C)(C)C2)cc1S(C)(=O)=O. The van der Waals surface area contributed by atoms with E-state index in [1.54, 1.807) is 24.0 Å². The van der Waals surface area contributed by atoms with Gasteiger partial charge in [0.05, 0.1) is 4.90 Å². The van der Waals surface area contributed by atoms with Crippen molar-refractivity contribution in [2.45, 2.75) is 38.1 Å². The number of sulfone groups is 1. The van der Waals surface area contributed by atoms with Crippen LogP contribution in [-0.4, -0.2) is 44.6 Å². The van der Waals surface area contributed by atoms with Gasteiger partial charge in [-0.05, 0) is 36.5 Å². The van der Waals surface area contributed by atoms with Gasteiger partial charge in [-0.3, -0.25) is 4.79 Å². The Morgan fingerprint density at radius 2 is 2.00 bits per heavy atom. The number of hydrogen-bond acceptors (Lipinski definition) is 4. The van der Waals surface area contributed by atoms with E-state index < -0.39 is 9.84 Å². The minimum Gasteiger partial charge on any atom is -0.338 e. The second-order valence-electron chi connectivity index (χ2n) is 6.86. The highest BCUT2D eigenvalue weighted by Crippen LogP contribution is 2.29. The van der Waals surface area contributed by atoms with Gasteiger partial charge < -0.3 is 10.6 Å². The molecule has 0 saturated carbocycles. The lowest BCUT2D eigenvalue weighted by Crippen LogP contribution is -2.54. The van der Waals surface area contributed by atoms with Gasteiger partial charge in [-0.2, -0.15) is 0 Å². The maximum atomic E-state index is 12.7. The van der Waals surface area contributed by atoms with Gasteiger partial charge in [0.1, 0.15) is 0 Å². The molecular weight excluding hydrogens is 300 g/mol. The number of rotatable bonds is 2. The molecule has 1 unspecified atom stereocenters. The molecule has 22 heavy (non-hydrogen) atoms. The summed E-state index contributed by atoms with van der Waals surface area (Å²) in [5, 5.41) is 0. The zero-order chi connectivity index (χ0) is 16.7. The molecule has 2 rings (SSSR count). The lowest BCUT2D eigenvalue weighted by molar-refractivity contribution is 0.0533. The highest BCUT2D eigenvalue weighted by molar-refractivity contribution is 7.90. The van der Waals surface area contributed by atoms with Gasteiger partial charge in [0, 0.05) is 31.0 Å². The highest BCUT2D eigenvalue weighted by atomic mass is 32.2. The first-order chi connectivity index (χ1) is 10.0. The van der Waals surface area contributed by atoms with E-state index in [4.69, 9.17) is 5.73 Å². The fourth-order valence-electron chi connectivity index (χ4n) is 2.86. The van der Waals surface area contributed by atoms with E-state index in [0.29, 0.717) is 24.2 Å². The third-order valence-electron chi connectivity index (χ3n) is 4.43. The Bertz CT molecular complexity index is 695. The van der Waals surface area contributed by atoms with E-state index in [1.807, 2.05) is 13.8 Å². The molecule has 6 heteroatoms. The summed E-state index contributed by atoms with van der Waals surface area (Å²) >= 11 is 0. The van der Waals surface area contributed by atoms with Crippen LogP contribution in [-0.2, 0) is 9.84 Å². The van der Waals surface area contributed by atoms with Crippen molar-refractivity contribution in [2.24, 2.45) is 11.1 Å². The predicted octanol–water partition coefficient (Wildman–Crippen LogP) is 1.60. The topological polar surface area (TPSA) is 80.5 Å². The fourth-order valence-corrected chi connectivity index (χ4v) is 3.86. The average Bonchev–Trinajstić information content (AvgIpc) is 2.40. The van der Waals surface area contributed by atoms with Crippen molar-refractivity contribution in [1.29, 1.82) is 0 Å². The van der Waals surface area contributed by atoms with Gasteiger partial charge in [0.25, 0.3) is 5.91 Å². The summed E-state index contributed by atoms with van der Waals surface area (Å²) in [5.74, 6) is -0.134. The number of benzene rings is 1. The van der Waals surface area contributed by atoms with Crippen molar-refractivity contribution in [3.8, 4) is 0 Å². The number of carbonyl (C=O) groups excluding carboxylic acids is 1. The molecule has 1 saturated heterocycles. The zero-order valence-corrected chi connectivity index (χ0v) is 14.4. The van der Waals surface area contributed by atoms with Crippen molar-refractivity contribution >= 4 is 15.7 Å². The third-order valence-corrected chi connectivity index (χ3v) is 5.67. The molecule has 0 aromatic heterocycles. The summed E-state index contributed by atoms with van der Waals surface area (Å²) < 4.78 is 23.6. The van der Waals surface area contributed by atoms with Crippen LogP contribution in [0, 0.1) is 12.3 Å². The Hall–Kier alpha value is -1.40. The number of hydrogen-bond donors (Lipinski definition) is 1. The van der Waals surface area contributed by atoms with Crippen LogP contribution in [0.3, 0.4) is 0 Å². The molecule has 1 aromatic carbocycles. The van der Waals surface area contributed by atoms with E-state index in [0.717, 1.165) is 12.7 Å². The molecule has 1 amide bonds. The third kappa shape index (κ3) is 3.33. The van der Waals surface area contributed by atoms with Crippen LogP contribution in [0.4, 0.5) is 0 Å². The van der Waals surface area contributed by atoms with Crippen LogP contribution in [0.1, 0.15) is 36.2 Å². The average molecular weight is 324 g/mol. The molecule has 0 bridgehead atoms. The van der Waals surface area contributed by atoms with Crippen LogP contribution in [0.25, 0.3) is 0 Å². The van der Waals surface area contributed by atoms with E-state index >= 15 is 0 Å². The monoisotopic (exact) mass is 324 g/mol. The van der Waals surface area contributed by atoms with Crippen molar-refractivity contribution in [3.05, 3.63) is 29.3 Å². The molecule has 2 N–H and O–H groups in total. The molecule has 0 aliphatic carbocycles. The van der Waals surface area contributed by atoms with Crippen LogP contribution in [0.2, 0.25) is 0 Å². The number of nitrogens with two attached hydrogens (primary N) is 1. The molecular formula is C16H24N2O3S. The number of aryl methyl sites for hydroxylation is 1. The van der Waals surface area contributed by atoms with Gasteiger partial charge in [-0.25, -0.2) is 8.42 Å². The van der Waals surface area contributed by atoms with Crippen LogP contribution in [0.5, 0.6) is 0 Å².